The van der Waals surface area contributed by atoms with Gasteiger partial charge in [-0.25, -0.2) is 4.99 Å². The van der Waals surface area contributed by atoms with Gasteiger partial charge in [0.2, 0.25) is 0 Å². The first kappa shape index (κ1) is 20.9. The highest BCUT2D eigenvalue weighted by Gasteiger charge is 2.42. The number of rotatable bonds is 6. The van der Waals surface area contributed by atoms with Crippen molar-refractivity contribution in [1.82, 2.24) is 4.90 Å². The molecule has 2 aliphatic rings. The molecule has 1 atom stereocenters. The number of fused-ring (bicyclic) bond motifs is 3. The number of ether oxygens (including phenoxy) is 3. The zero-order chi connectivity index (χ0) is 22.0. The Labute approximate surface area is 183 Å². The van der Waals surface area contributed by atoms with E-state index in [-0.39, 0.29) is 17.6 Å². The second-order valence-corrected chi connectivity index (χ2v) is 7.78. The number of carbonyl (C=O) groups excluding carboxylic acids is 2. The molecule has 0 bridgehead atoms. The van der Waals surface area contributed by atoms with E-state index < -0.39 is 6.04 Å². The number of aliphatic imine (C=N–C) groups is 2. The number of hydrogen-bond donors (Lipinski definition) is 0. The number of methoxy groups -OCH3 is 3. The van der Waals surface area contributed by atoms with E-state index in [1.807, 2.05) is 30.3 Å². The van der Waals surface area contributed by atoms with E-state index >= 15 is 0 Å². The molecule has 8 nitrogen and oxygen atoms in total. The molecule has 31 heavy (non-hydrogen) atoms. The molecule has 0 unspecified atom stereocenters. The summed E-state index contributed by atoms with van der Waals surface area (Å²) in [7, 11) is 4.43. The van der Waals surface area contributed by atoms with E-state index in [1.54, 1.807) is 31.3 Å². The van der Waals surface area contributed by atoms with Crippen molar-refractivity contribution in [2.45, 2.75) is 12.5 Å². The number of amidine groups is 2. The van der Waals surface area contributed by atoms with Gasteiger partial charge in [-0.2, -0.15) is 4.99 Å². The summed E-state index contributed by atoms with van der Waals surface area (Å²) < 4.78 is 15.6. The minimum Gasteiger partial charge on any atom is -0.493 e. The molecule has 2 aromatic carbocycles. The maximum atomic E-state index is 12.9. The van der Waals surface area contributed by atoms with Crippen LogP contribution in [-0.2, 0) is 20.7 Å². The average Bonchev–Trinajstić information content (AvgIpc) is 3.13. The highest BCUT2D eigenvalue weighted by Crippen LogP contribution is 2.41. The molecular weight excluding hydrogens is 418 g/mol. The summed E-state index contributed by atoms with van der Waals surface area (Å²) in [5.74, 6) is 0.949. The molecule has 160 valence electrons. The van der Waals surface area contributed by atoms with Crippen LogP contribution in [0.25, 0.3) is 0 Å². The standard InChI is InChI=1S/C22H21N3O5S/c1-28-17-10-14-15(11-18(17)29-2)23-22(31-12-19(26)30-3)25-16(21(27)24-20(14)25)9-13-7-5-4-6-8-13/h4-8,10-11,16H,9,12H2,1-3H3/t16-/m1/s1. The third-order valence-electron chi connectivity index (χ3n) is 5.02. The predicted octanol–water partition coefficient (Wildman–Crippen LogP) is 2.81. The lowest BCUT2D eigenvalue weighted by Gasteiger charge is -2.31. The van der Waals surface area contributed by atoms with Crippen molar-refractivity contribution < 1.29 is 23.8 Å². The van der Waals surface area contributed by atoms with Gasteiger partial charge in [0, 0.05) is 18.1 Å². The van der Waals surface area contributed by atoms with Crippen LogP contribution in [-0.4, -0.2) is 60.9 Å². The monoisotopic (exact) mass is 439 g/mol. The first-order valence-electron chi connectivity index (χ1n) is 9.56. The Hall–Kier alpha value is -3.33. The van der Waals surface area contributed by atoms with Gasteiger partial charge < -0.3 is 14.2 Å². The van der Waals surface area contributed by atoms with Gasteiger partial charge in [0.25, 0.3) is 5.91 Å². The molecule has 4 rings (SSSR count). The van der Waals surface area contributed by atoms with E-state index in [9.17, 15) is 9.59 Å². The number of esters is 1. The van der Waals surface area contributed by atoms with Crippen LogP contribution in [0.5, 0.6) is 11.5 Å². The molecule has 0 aliphatic carbocycles. The van der Waals surface area contributed by atoms with Crippen LogP contribution in [0.1, 0.15) is 11.1 Å². The quantitative estimate of drug-likeness (QED) is 0.640. The van der Waals surface area contributed by atoms with Crippen molar-refractivity contribution in [3.8, 4) is 11.5 Å². The minimum atomic E-state index is -0.553. The molecule has 0 radical (unpaired) electrons. The molecule has 0 N–H and O–H groups in total. The average molecular weight is 439 g/mol. The number of amides is 1. The van der Waals surface area contributed by atoms with Gasteiger partial charge in [0.15, 0.2) is 16.7 Å². The summed E-state index contributed by atoms with van der Waals surface area (Å²) in [5.41, 5.74) is 2.27. The van der Waals surface area contributed by atoms with Gasteiger partial charge in [0.1, 0.15) is 11.9 Å². The van der Waals surface area contributed by atoms with Gasteiger partial charge in [-0.3, -0.25) is 14.5 Å². The van der Waals surface area contributed by atoms with Crippen LogP contribution >= 0.6 is 11.8 Å². The molecular formula is C22H21N3O5S. The third-order valence-corrected chi connectivity index (χ3v) is 5.95. The van der Waals surface area contributed by atoms with Crippen LogP contribution in [0, 0.1) is 0 Å². The van der Waals surface area contributed by atoms with Crippen LogP contribution in [0.15, 0.2) is 52.4 Å². The second kappa shape index (κ2) is 8.81. The summed E-state index contributed by atoms with van der Waals surface area (Å²) >= 11 is 1.21. The van der Waals surface area contributed by atoms with Gasteiger partial charge in [-0.05, 0) is 11.6 Å². The molecule has 2 heterocycles. The Morgan fingerprint density at radius 3 is 2.45 bits per heavy atom. The summed E-state index contributed by atoms with van der Waals surface area (Å²) in [6, 6.07) is 12.7. The van der Waals surface area contributed by atoms with Crippen LogP contribution in [0.4, 0.5) is 5.69 Å². The second-order valence-electron chi connectivity index (χ2n) is 6.83. The largest absolute Gasteiger partial charge is 0.493 e. The molecule has 9 heteroatoms. The molecule has 2 aliphatic heterocycles. The number of hydrogen-bond acceptors (Lipinski definition) is 8. The fraction of sp³-hybridized carbons (Fsp3) is 0.273. The van der Waals surface area contributed by atoms with Crippen LogP contribution < -0.4 is 9.47 Å². The molecule has 1 amide bonds. The highest BCUT2D eigenvalue weighted by atomic mass is 32.2. The zero-order valence-corrected chi connectivity index (χ0v) is 18.1. The van der Waals surface area contributed by atoms with Gasteiger partial charge >= 0.3 is 5.97 Å². The number of carbonyl (C=O) groups is 2. The lowest BCUT2D eigenvalue weighted by molar-refractivity contribution is -0.137. The lowest BCUT2D eigenvalue weighted by Crippen LogP contribution is -2.45. The van der Waals surface area contributed by atoms with Crippen LogP contribution in [0.3, 0.4) is 0 Å². The highest BCUT2D eigenvalue weighted by molar-refractivity contribution is 8.14. The summed E-state index contributed by atoms with van der Waals surface area (Å²) in [6.07, 6.45) is 0.465. The fourth-order valence-corrected chi connectivity index (χ4v) is 4.38. The van der Waals surface area contributed by atoms with E-state index in [0.29, 0.717) is 40.2 Å². The van der Waals surface area contributed by atoms with Crippen molar-refractivity contribution in [1.29, 1.82) is 0 Å². The molecule has 0 aromatic heterocycles. The topological polar surface area (TPSA) is 89.8 Å². The van der Waals surface area contributed by atoms with Gasteiger partial charge in [-0.1, -0.05) is 42.1 Å². The maximum Gasteiger partial charge on any atom is 0.316 e. The van der Waals surface area contributed by atoms with E-state index in [2.05, 4.69) is 4.99 Å². The molecule has 2 aromatic rings. The first-order chi connectivity index (χ1) is 15.0. The Morgan fingerprint density at radius 1 is 1.06 bits per heavy atom. The molecule has 0 saturated carbocycles. The molecule has 0 saturated heterocycles. The lowest BCUT2D eigenvalue weighted by atomic mass is 10.0. The normalized spacial score (nSPS) is 16.8. The smallest absolute Gasteiger partial charge is 0.316 e. The number of benzene rings is 2. The number of nitrogens with zero attached hydrogens (tertiary/aromatic N) is 3. The SMILES string of the molecule is COC(=O)CSC1=Nc2cc(OC)c(OC)cc2C2=NC(=O)[C@@H](Cc3ccccc3)N12. The van der Waals surface area contributed by atoms with Crippen molar-refractivity contribution >= 4 is 40.3 Å². The Kier molecular flexibility index (Phi) is 5.94. The van der Waals surface area contributed by atoms with Crippen molar-refractivity contribution in [2.24, 2.45) is 9.98 Å². The Balaban J connectivity index is 1.77. The van der Waals surface area contributed by atoms with E-state index in [1.165, 1.54) is 18.9 Å². The minimum absolute atomic E-state index is 0.0635. The van der Waals surface area contributed by atoms with Crippen LogP contribution in [0.2, 0.25) is 0 Å². The summed E-state index contributed by atoms with van der Waals surface area (Å²) in [6.45, 7) is 0. The van der Waals surface area contributed by atoms with Gasteiger partial charge in [0.05, 0.1) is 32.8 Å². The molecule has 0 fully saturated rings. The third kappa shape index (κ3) is 4.00. The number of thioether (sulfide) groups is 1. The maximum absolute atomic E-state index is 12.9. The van der Waals surface area contributed by atoms with E-state index in [4.69, 9.17) is 19.2 Å². The predicted molar refractivity (Wildman–Crippen MR) is 118 cm³/mol. The first-order valence-corrected chi connectivity index (χ1v) is 10.5. The Bertz CT molecular complexity index is 1080. The van der Waals surface area contributed by atoms with Crippen molar-refractivity contribution in [3.63, 3.8) is 0 Å². The molecule has 0 spiro atoms. The van der Waals surface area contributed by atoms with Crippen molar-refractivity contribution in [2.75, 3.05) is 27.1 Å². The summed E-state index contributed by atoms with van der Waals surface area (Å²) in [5, 5.41) is 0.510. The van der Waals surface area contributed by atoms with Gasteiger partial charge in [-0.15, -0.1) is 0 Å². The van der Waals surface area contributed by atoms with Crippen molar-refractivity contribution in [3.05, 3.63) is 53.6 Å². The fourth-order valence-electron chi connectivity index (χ4n) is 3.50. The zero-order valence-electron chi connectivity index (χ0n) is 17.3. The van der Waals surface area contributed by atoms with E-state index in [0.717, 1.165) is 5.56 Å². The Morgan fingerprint density at radius 2 is 1.77 bits per heavy atom. The summed E-state index contributed by atoms with van der Waals surface area (Å²) in [4.78, 5) is 35.6.